The second-order valence-electron chi connectivity index (χ2n) is 5.51. The Bertz CT molecular complexity index is 782. The molecule has 0 bridgehead atoms. The number of hydrogen-bond donors (Lipinski definition) is 3. The number of nitrogens with one attached hydrogen (secondary N) is 3. The van der Waals surface area contributed by atoms with E-state index < -0.39 is 5.97 Å². The van der Waals surface area contributed by atoms with Gasteiger partial charge in [-0.15, -0.1) is 0 Å². The fourth-order valence-corrected chi connectivity index (χ4v) is 2.71. The number of fused-ring (bicyclic) bond motifs is 2. The molecule has 0 aliphatic carbocycles. The first-order valence-corrected chi connectivity index (χ1v) is 7.82. The summed E-state index contributed by atoms with van der Waals surface area (Å²) in [6.07, 6.45) is 1.67. The molecule has 0 unspecified atom stereocenters. The first-order valence-electron chi connectivity index (χ1n) is 7.82. The third-order valence-corrected chi connectivity index (χ3v) is 3.87. The van der Waals surface area contributed by atoms with Crippen molar-refractivity contribution in [3.8, 4) is 0 Å². The second-order valence-corrected chi connectivity index (χ2v) is 5.51. The number of aromatic nitrogens is 1. The third-order valence-electron chi connectivity index (χ3n) is 3.87. The largest absolute Gasteiger partial charge is 0.462 e. The summed E-state index contributed by atoms with van der Waals surface area (Å²) < 4.78 is 6.77. The minimum atomic E-state index is -0.417. The number of ether oxygens (including phenoxy) is 1. The Balaban J connectivity index is 1.90. The van der Waals surface area contributed by atoms with Crippen LogP contribution in [0.15, 0.2) is 30.5 Å². The van der Waals surface area contributed by atoms with Gasteiger partial charge < -0.3 is 14.6 Å². The summed E-state index contributed by atoms with van der Waals surface area (Å²) in [6, 6.07) is 7.52. The summed E-state index contributed by atoms with van der Waals surface area (Å²) in [5.41, 5.74) is 9.56. The standard InChI is InChI=1S/C17H20N4O3/c1-3-24-17(23)13-7-15-16(22)20-14-6-11(8-19-18-2)4-5-12(14)9-21(15)10-13/h4-7,10,18-19H,3,8-9H2,1-2H3,(H,20,22). The number of carbonyl (C=O) groups is 2. The number of benzene rings is 1. The van der Waals surface area contributed by atoms with Crippen LogP contribution in [0.3, 0.4) is 0 Å². The van der Waals surface area contributed by atoms with Gasteiger partial charge in [-0.1, -0.05) is 12.1 Å². The maximum atomic E-state index is 12.5. The minimum Gasteiger partial charge on any atom is -0.462 e. The molecule has 3 N–H and O–H groups in total. The van der Waals surface area contributed by atoms with Gasteiger partial charge in [0.2, 0.25) is 0 Å². The summed E-state index contributed by atoms with van der Waals surface area (Å²) in [5.74, 6) is -0.650. The lowest BCUT2D eigenvalue weighted by Crippen LogP contribution is -2.26. The quantitative estimate of drug-likeness (QED) is 0.572. The zero-order valence-corrected chi connectivity index (χ0v) is 13.7. The number of rotatable bonds is 5. The molecule has 0 atom stereocenters. The molecule has 7 heteroatoms. The molecule has 1 aliphatic rings. The lowest BCUT2D eigenvalue weighted by atomic mass is 10.1. The van der Waals surface area contributed by atoms with Crippen molar-refractivity contribution in [1.29, 1.82) is 0 Å². The number of anilines is 1. The molecule has 1 aromatic carbocycles. The van der Waals surface area contributed by atoms with E-state index in [0.717, 1.165) is 16.8 Å². The predicted octanol–water partition coefficient (Wildman–Crippen LogP) is 1.50. The van der Waals surface area contributed by atoms with Gasteiger partial charge in [0.25, 0.3) is 5.91 Å². The van der Waals surface area contributed by atoms with Crippen LogP contribution in [0.25, 0.3) is 0 Å². The summed E-state index contributed by atoms with van der Waals surface area (Å²) >= 11 is 0. The highest BCUT2D eigenvalue weighted by atomic mass is 16.5. The molecule has 1 aliphatic heterocycles. The molecule has 2 heterocycles. The van der Waals surface area contributed by atoms with Crippen LogP contribution in [-0.4, -0.2) is 30.1 Å². The van der Waals surface area contributed by atoms with E-state index in [4.69, 9.17) is 4.74 Å². The van der Waals surface area contributed by atoms with E-state index in [-0.39, 0.29) is 5.91 Å². The highest BCUT2D eigenvalue weighted by Crippen LogP contribution is 2.25. The summed E-state index contributed by atoms with van der Waals surface area (Å²) in [5, 5.41) is 2.92. The summed E-state index contributed by atoms with van der Waals surface area (Å²) in [7, 11) is 1.81. The number of esters is 1. The number of carbonyl (C=O) groups excluding carboxylic acids is 2. The fraction of sp³-hybridized carbons (Fsp3) is 0.294. The summed E-state index contributed by atoms with van der Waals surface area (Å²) in [6.45, 7) is 3.22. The molecule has 2 aromatic rings. The molecule has 126 valence electrons. The Morgan fingerprint density at radius 2 is 2.21 bits per heavy atom. The highest BCUT2D eigenvalue weighted by molar-refractivity contribution is 6.06. The Hall–Kier alpha value is -2.64. The van der Waals surface area contributed by atoms with Crippen molar-refractivity contribution in [2.45, 2.75) is 20.0 Å². The van der Waals surface area contributed by atoms with Crippen LogP contribution in [0, 0.1) is 0 Å². The molecular weight excluding hydrogens is 308 g/mol. The van der Waals surface area contributed by atoms with E-state index in [0.29, 0.717) is 31.0 Å². The van der Waals surface area contributed by atoms with Gasteiger partial charge in [-0.3, -0.25) is 15.6 Å². The Kier molecular flexibility index (Phi) is 4.64. The van der Waals surface area contributed by atoms with E-state index in [2.05, 4.69) is 16.2 Å². The van der Waals surface area contributed by atoms with Gasteiger partial charge >= 0.3 is 5.97 Å². The number of nitrogens with zero attached hydrogens (tertiary/aromatic N) is 1. The SMILES string of the molecule is CCOC(=O)c1cc2n(c1)Cc1ccc(CNNC)cc1NC2=O. The van der Waals surface area contributed by atoms with Crippen LogP contribution in [0.2, 0.25) is 0 Å². The normalized spacial score (nSPS) is 12.8. The number of amides is 1. The van der Waals surface area contributed by atoms with Gasteiger partial charge in [0.15, 0.2) is 0 Å². The molecule has 3 rings (SSSR count). The molecule has 7 nitrogen and oxygen atoms in total. The van der Waals surface area contributed by atoms with Crippen molar-refractivity contribution in [2.75, 3.05) is 19.0 Å². The first kappa shape index (κ1) is 16.2. The van der Waals surface area contributed by atoms with Crippen molar-refractivity contribution in [2.24, 2.45) is 0 Å². The molecule has 0 saturated heterocycles. The second kappa shape index (κ2) is 6.86. The molecular formula is C17H20N4O3. The van der Waals surface area contributed by atoms with Crippen LogP contribution < -0.4 is 16.2 Å². The van der Waals surface area contributed by atoms with Crippen LogP contribution in [-0.2, 0) is 17.8 Å². The lowest BCUT2D eigenvalue weighted by Gasteiger charge is -2.10. The topological polar surface area (TPSA) is 84.4 Å². The van der Waals surface area contributed by atoms with E-state index in [9.17, 15) is 9.59 Å². The maximum absolute atomic E-state index is 12.5. The van der Waals surface area contributed by atoms with Gasteiger partial charge in [0.1, 0.15) is 5.69 Å². The minimum absolute atomic E-state index is 0.233. The number of hydrogen-bond acceptors (Lipinski definition) is 5. The van der Waals surface area contributed by atoms with Gasteiger partial charge in [-0.05, 0) is 37.2 Å². The number of hydrazine groups is 1. The Labute approximate surface area is 140 Å². The van der Waals surface area contributed by atoms with E-state index >= 15 is 0 Å². The van der Waals surface area contributed by atoms with E-state index in [1.807, 2.05) is 18.2 Å². The van der Waals surface area contributed by atoms with Crippen molar-refractivity contribution < 1.29 is 14.3 Å². The Morgan fingerprint density at radius 3 is 2.96 bits per heavy atom. The molecule has 0 saturated carbocycles. The molecule has 1 amide bonds. The molecule has 1 aromatic heterocycles. The zero-order valence-electron chi connectivity index (χ0n) is 13.7. The fourth-order valence-electron chi connectivity index (χ4n) is 2.71. The van der Waals surface area contributed by atoms with E-state index in [1.165, 1.54) is 0 Å². The lowest BCUT2D eigenvalue weighted by molar-refractivity contribution is 0.0526. The Morgan fingerprint density at radius 1 is 1.38 bits per heavy atom. The van der Waals surface area contributed by atoms with Gasteiger partial charge in [0, 0.05) is 25.0 Å². The van der Waals surface area contributed by atoms with Gasteiger partial charge in [-0.2, -0.15) is 0 Å². The van der Waals surface area contributed by atoms with Crippen LogP contribution in [0.4, 0.5) is 5.69 Å². The molecule has 0 fully saturated rings. The van der Waals surface area contributed by atoms with Crippen LogP contribution >= 0.6 is 0 Å². The average molecular weight is 328 g/mol. The molecule has 0 radical (unpaired) electrons. The monoisotopic (exact) mass is 328 g/mol. The van der Waals surface area contributed by atoms with Crippen molar-refractivity contribution in [3.05, 3.63) is 52.8 Å². The molecule has 24 heavy (non-hydrogen) atoms. The van der Waals surface area contributed by atoms with Crippen molar-refractivity contribution in [3.63, 3.8) is 0 Å². The average Bonchev–Trinajstić information content (AvgIpc) is 2.94. The smallest absolute Gasteiger partial charge is 0.339 e. The highest BCUT2D eigenvalue weighted by Gasteiger charge is 2.22. The van der Waals surface area contributed by atoms with E-state index in [1.54, 1.807) is 30.8 Å². The van der Waals surface area contributed by atoms with Crippen molar-refractivity contribution >= 4 is 17.6 Å². The van der Waals surface area contributed by atoms with Crippen molar-refractivity contribution in [1.82, 2.24) is 15.4 Å². The predicted molar refractivity (Wildman–Crippen MR) is 89.8 cm³/mol. The van der Waals surface area contributed by atoms with Crippen LogP contribution in [0.1, 0.15) is 38.9 Å². The zero-order chi connectivity index (χ0) is 17.1. The molecule has 0 spiro atoms. The first-order chi connectivity index (χ1) is 11.6. The van der Waals surface area contributed by atoms with Crippen LogP contribution in [0.5, 0.6) is 0 Å². The third kappa shape index (κ3) is 3.17. The summed E-state index contributed by atoms with van der Waals surface area (Å²) in [4.78, 5) is 24.3. The van der Waals surface area contributed by atoms with Gasteiger partial charge in [-0.25, -0.2) is 4.79 Å². The van der Waals surface area contributed by atoms with Gasteiger partial charge in [0.05, 0.1) is 12.2 Å². The maximum Gasteiger partial charge on any atom is 0.339 e.